The van der Waals surface area contributed by atoms with Crippen LogP contribution in [0.2, 0.25) is 0 Å². The molecule has 3 amide bonds. The van der Waals surface area contributed by atoms with Crippen LogP contribution in [0.5, 0.6) is 0 Å². The zero-order chi connectivity index (χ0) is 27.3. The maximum atomic E-state index is 12.6. The average molecular weight is 520 g/mol. The molecule has 2 aliphatic heterocycles. The molecule has 0 spiro atoms. The lowest BCUT2D eigenvalue weighted by Crippen LogP contribution is -2.66. The van der Waals surface area contributed by atoms with Gasteiger partial charge in [0, 0.05) is 27.7 Å². The number of nitrogens with zero attached hydrogens (tertiary/aromatic N) is 1. The van der Waals surface area contributed by atoms with E-state index < -0.39 is 66.3 Å². The van der Waals surface area contributed by atoms with Crippen LogP contribution in [0.25, 0.3) is 0 Å². The Morgan fingerprint density at radius 3 is 1.97 bits per heavy atom. The van der Waals surface area contributed by atoms with Gasteiger partial charge in [0.1, 0.15) is 18.8 Å². The van der Waals surface area contributed by atoms with Gasteiger partial charge in [0.2, 0.25) is 5.91 Å². The Hall–Kier alpha value is -3.84. The predicted octanol–water partition coefficient (Wildman–Crippen LogP) is -0.0447. The van der Waals surface area contributed by atoms with Crippen LogP contribution < -0.4 is 5.32 Å². The highest BCUT2D eigenvalue weighted by Gasteiger charge is 2.51. The molecule has 0 saturated carbocycles. The van der Waals surface area contributed by atoms with Crippen molar-refractivity contribution in [1.82, 2.24) is 10.2 Å². The van der Waals surface area contributed by atoms with Gasteiger partial charge in [-0.3, -0.25) is 33.7 Å². The zero-order valence-electron chi connectivity index (χ0n) is 20.8. The van der Waals surface area contributed by atoms with Gasteiger partial charge in [-0.05, 0) is 12.1 Å². The number of esters is 3. The summed E-state index contributed by atoms with van der Waals surface area (Å²) in [7, 11) is 0. The Morgan fingerprint density at radius 2 is 1.46 bits per heavy atom. The molecule has 0 aromatic heterocycles. The van der Waals surface area contributed by atoms with Gasteiger partial charge in [-0.2, -0.15) is 0 Å². The lowest BCUT2D eigenvalue weighted by atomic mass is 9.96. The molecule has 1 aromatic rings. The van der Waals surface area contributed by atoms with E-state index in [0.717, 1.165) is 18.7 Å². The first-order valence-corrected chi connectivity index (χ1v) is 11.5. The topological polar surface area (TPSA) is 164 Å². The number of carbonyl (C=O) groups excluding carboxylic acids is 6. The largest absolute Gasteiger partial charge is 0.463 e. The van der Waals surface area contributed by atoms with Gasteiger partial charge in [0.05, 0.1) is 24.3 Å². The standard InChI is InChI=1S/C24H28N2O11/c1-12(27)25-19-21(36-15(4)30)20(35-14(3)29)18(11-34-13(2)28)37-24(19)33-10-9-26-22(31)16-7-5-6-8-17(16)23(26)32/h5-8,18-21,24H,9-11H2,1-4H3,(H,25,27). The smallest absolute Gasteiger partial charge is 0.303 e. The lowest BCUT2D eigenvalue weighted by molar-refractivity contribution is -0.277. The summed E-state index contributed by atoms with van der Waals surface area (Å²) in [5, 5.41) is 2.57. The van der Waals surface area contributed by atoms with Crippen LogP contribution in [0, 0.1) is 0 Å². The summed E-state index contributed by atoms with van der Waals surface area (Å²) in [6, 6.07) is 5.24. The molecule has 0 radical (unpaired) electrons. The van der Waals surface area contributed by atoms with E-state index >= 15 is 0 Å². The van der Waals surface area contributed by atoms with Crippen molar-refractivity contribution in [2.24, 2.45) is 0 Å². The van der Waals surface area contributed by atoms with Crippen molar-refractivity contribution in [2.45, 2.75) is 58.3 Å². The highest BCUT2D eigenvalue weighted by atomic mass is 16.7. The summed E-state index contributed by atoms with van der Waals surface area (Å²) in [4.78, 5) is 73.3. The van der Waals surface area contributed by atoms with Gasteiger partial charge in [-0.1, -0.05) is 12.1 Å². The number of amides is 3. The fourth-order valence-electron chi connectivity index (χ4n) is 4.14. The van der Waals surface area contributed by atoms with Crippen molar-refractivity contribution in [1.29, 1.82) is 0 Å². The second-order valence-corrected chi connectivity index (χ2v) is 8.40. The molecule has 13 heteroatoms. The number of hydrogen-bond acceptors (Lipinski definition) is 11. The van der Waals surface area contributed by atoms with Crippen LogP contribution in [0.3, 0.4) is 0 Å². The van der Waals surface area contributed by atoms with Gasteiger partial charge >= 0.3 is 17.9 Å². The van der Waals surface area contributed by atoms with E-state index in [-0.39, 0.29) is 30.9 Å². The fraction of sp³-hybridized carbons (Fsp3) is 0.500. The normalized spacial score (nSPS) is 24.8. The molecule has 37 heavy (non-hydrogen) atoms. The number of ether oxygens (including phenoxy) is 5. The first-order chi connectivity index (χ1) is 17.5. The third-order valence-corrected chi connectivity index (χ3v) is 5.55. The minimum absolute atomic E-state index is 0.140. The monoisotopic (exact) mass is 520 g/mol. The molecule has 5 atom stereocenters. The fourth-order valence-corrected chi connectivity index (χ4v) is 4.14. The Kier molecular flexibility index (Phi) is 8.95. The Balaban J connectivity index is 1.81. The molecule has 2 aliphatic rings. The molecule has 1 N–H and O–H groups in total. The summed E-state index contributed by atoms with van der Waals surface area (Å²) >= 11 is 0. The van der Waals surface area contributed by atoms with Crippen molar-refractivity contribution in [3.05, 3.63) is 35.4 Å². The number of imide groups is 1. The van der Waals surface area contributed by atoms with Crippen molar-refractivity contribution in [2.75, 3.05) is 19.8 Å². The highest BCUT2D eigenvalue weighted by Crippen LogP contribution is 2.28. The third kappa shape index (κ3) is 6.68. The van der Waals surface area contributed by atoms with E-state index in [1.165, 1.54) is 13.8 Å². The van der Waals surface area contributed by atoms with E-state index in [1.807, 2.05) is 0 Å². The molecule has 1 aromatic carbocycles. The molecular weight excluding hydrogens is 492 g/mol. The molecular formula is C24H28N2O11. The summed E-state index contributed by atoms with van der Waals surface area (Å²) in [6.45, 7) is 3.92. The van der Waals surface area contributed by atoms with E-state index in [0.29, 0.717) is 0 Å². The molecule has 1 fully saturated rings. The van der Waals surface area contributed by atoms with E-state index in [4.69, 9.17) is 23.7 Å². The van der Waals surface area contributed by atoms with Crippen molar-refractivity contribution >= 4 is 35.6 Å². The van der Waals surface area contributed by atoms with Gasteiger partial charge < -0.3 is 29.0 Å². The maximum Gasteiger partial charge on any atom is 0.303 e. The number of nitrogens with one attached hydrogen (secondary N) is 1. The number of rotatable bonds is 9. The molecule has 3 rings (SSSR count). The minimum Gasteiger partial charge on any atom is -0.463 e. The zero-order valence-corrected chi connectivity index (χ0v) is 20.8. The number of fused-ring (bicyclic) bond motifs is 1. The first kappa shape index (κ1) is 27.7. The van der Waals surface area contributed by atoms with Crippen LogP contribution in [0.1, 0.15) is 48.4 Å². The Labute approximate surface area is 212 Å². The van der Waals surface area contributed by atoms with Crippen LogP contribution >= 0.6 is 0 Å². The predicted molar refractivity (Wildman–Crippen MR) is 122 cm³/mol. The SMILES string of the molecule is CC(=O)NC1C(OCCN2C(=O)c3ccccc3C2=O)OC(COC(C)=O)C(OC(C)=O)C1OC(C)=O. The second-order valence-electron chi connectivity index (χ2n) is 8.40. The number of carbonyl (C=O) groups is 6. The van der Waals surface area contributed by atoms with Crippen LogP contribution in [0.15, 0.2) is 24.3 Å². The molecule has 0 bridgehead atoms. The highest BCUT2D eigenvalue weighted by molar-refractivity contribution is 6.21. The Bertz CT molecular complexity index is 1050. The second kappa shape index (κ2) is 11.9. The number of hydrogen-bond donors (Lipinski definition) is 1. The average Bonchev–Trinajstić information content (AvgIpc) is 3.05. The molecule has 5 unspecified atom stereocenters. The first-order valence-electron chi connectivity index (χ1n) is 11.5. The molecule has 0 aliphatic carbocycles. The summed E-state index contributed by atoms with van der Waals surface area (Å²) in [5.41, 5.74) is 0.552. The Morgan fingerprint density at radius 1 is 0.892 bits per heavy atom. The van der Waals surface area contributed by atoms with Crippen LogP contribution in [0.4, 0.5) is 0 Å². The quantitative estimate of drug-likeness (QED) is 0.264. The molecule has 13 nitrogen and oxygen atoms in total. The van der Waals surface area contributed by atoms with Gasteiger partial charge in [-0.25, -0.2) is 0 Å². The third-order valence-electron chi connectivity index (χ3n) is 5.55. The molecule has 1 saturated heterocycles. The van der Waals surface area contributed by atoms with Crippen molar-refractivity contribution < 1.29 is 52.5 Å². The summed E-state index contributed by atoms with van der Waals surface area (Å²) in [6.07, 6.45) is -4.96. The number of benzene rings is 1. The van der Waals surface area contributed by atoms with Gasteiger partial charge in [0.15, 0.2) is 18.5 Å². The van der Waals surface area contributed by atoms with Gasteiger partial charge in [-0.15, -0.1) is 0 Å². The van der Waals surface area contributed by atoms with E-state index in [9.17, 15) is 28.8 Å². The van der Waals surface area contributed by atoms with Crippen LogP contribution in [-0.2, 0) is 42.9 Å². The van der Waals surface area contributed by atoms with Gasteiger partial charge in [0.25, 0.3) is 11.8 Å². The maximum absolute atomic E-state index is 12.6. The lowest BCUT2D eigenvalue weighted by Gasteiger charge is -2.45. The molecule has 2 heterocycles. The van der Waals surface area contributed by atoms with E-state index in [2.05, 4.69) is 5.32 Å². The summed E-state index contributed by atoms with van der Waals surface area (Å²) in [5.74, 6) is -3.60. The summed E-state index contributed by atoms with van der Waals surface area (Å²) < 4.78 is 27.4. The van der Waals surface area contributed by atoms with E-state index in [1.54, 1.807) is 24.3 Å². The van der Waals surface area contributed by atoms with Crippen molar-refractivity contribution in [3.8, 4) is 0 Å². The minimum atomic E-state index is -1.30. The van der Waals surface area contributed by atoms with Crippen molar-refractivity contribution in [3.63, 3.8) is 0 Å². The van der Waals surface area contributed by atoms with Crippen LogP contribution in [-0.4, -0.2) is 90.9 Å². The molecule has 200 valence electrons.